The number of benzene rings is 1. The fraction of sp³-hybridized carbons (Fsp3) is 0.435. The van der Waals surface area contributed by atoms with Crippen LogP contribution in [0, 0.1) is 6.92 Å². The van der Waals surface area contributed by atoms with Crippen molar-refractivity contribution < 1.29 is 22.4 Å². The minimum atomic E-state index is -3.67. The number of nitrogens with zero attached hydrogens (tertiary/aromatic N) is 2. The summed E-state index contributed by atoms with van der Waals surface area (Å²) in [5.74, 6) is 0.995. The van der Waals surface area contributed by atoms with Gasteiger partial charge < -0.3 is 19.4 Å². The fourth-order valence-electron chi connectivity index (χ4n) is 4.00. The molecule has 0 atom stereocenters. The standard InChI is InChI=1S/C23H29N3O5S/c1-18-5-6-19(31-18)7-10-23(27)24-21-17-20(32(28,29)26-13-15-30-16-14-26)8-9-22(21)25-11-3-2-4-12-25/h5-10,17H,2-4,11-16H2,1H3,(H,24,27)/b10-7+. The van der Waals surface area contributed by atoms with Crippen LogP contribution < -0.4 is 10.2 Å². The molecule has 1 amide bonds. The first-order valence-electron chi connectivity index (χ1n) is 11.0. The fourth-order valence-corrected chi connectivity index (χ4v) is 5.43. The van der Waals surface area contributed by atoms with E-state index in [-0.39, 0.29) is 10.8 Å². The lowest BCUT2D eigenvalue weighted by molar-refractivity contribution is -0.111. The zero-order valence-corrected chi connectivity index (χ0v) is 19.1. The van der Waals surface area contributed by atoms with E-state index in [0.717, 1.165) is 37.4 Å². The van der Waals surface area contributed by atoms with E-state index in [0.29, 0.717) is 37.8 Å². The van der Waals surface area contributed by atoms with Gasteiger partial charge in [0.05, 0.1) is 29.5 Å². The summed E-state index contributed by atoms with van der Waals surface area (Å²) in [7, 11) is -3.67. The lowest BCUT2D eigenvalue weighted by Gasteiger charge is -2.31. The number of hydrogen-bond acceptors (Lipinski definition) is 6. The number of carbonyl (C=O) groups excluding carboxylic acids is 1. The summed E-state index contributed by atoms with van der Waals surface area (Å²) in [5, 5.41) is 2.88. The summed E-state index contributed by atoms with van der Waals surface area (Å²) in [5.41, 5.74) is 1.33. The summed E-state index contributed by atoms with van der Waals surface area (Å²) in [6.45, 7) is 4.99. The lowest BCUT2D eigenvalue weighted by atomic mass is 10.1. The summed E-state index contributed by atoms with van der Waals surface area (Å²) >= 11 is 0. The van der Waals surface area contributed by atoms with Crippen LogP contribution in [0.25, 0.3) is 6.08 Å². The molecule has 0 bridgehead atoms. The van der Waals surface area contributed by atoms with Crippen molar-refractivity contribution in [3.05, 3.63) is 47.9 Å². The molecule has 0 aliphatic carbocycles. The van der Waals surface area contributed by atoms with Gasteiger partial charge in [-0.2, -0.15) is 4.31 Å². The minimum Gasteiger partial charge on any atom is -0.462 e. The molecule has 2 aliphatic heterocycles. The number of amides is 1. The van der Waals surface area contributed by atoms with Gasteiger partial charge in [-0.3, -0.25) is 4.79 Å². The monoisotopic (exact) mass is 459 g/mol. The van der Waals surface area contributed by atoms with E-state index < -0.39 is 10.0 Å². The second-order valence-corrected chi connectivity index (χ2v) is 9.95. The number of rotatable bonds is 6. The average molecular weight is 460 g/mol. The first kappa shape index (κ1) is 22.6. The number of hydrogen-bond donors (Lipinski definition) is 1. The zero-order valence-electron chi connectivity index (χ0n) is 18.2. The summed E-state index contributed by atoms with van der Waals surface area (Å²) in [6, 6.07) is 8.61. The maximum Gasteiger partial charge on any atom is 0.248 e. The number of furan rings is 1. The first-order valence-corrected chi connectivity index (χ1v) is 12.4. The lowest BCUT2D eigenvalue weighted by Crippen LogP contribution is -2.40. The normalized spacial score (nSPS) is 18.2. The largest absolute Gasteiger partial charge is 0.462 e. The van der Waals surface area contributed by atoms with Crippen LogP contribution in [0.4, 0.5) is 11.4 Å². The van der Waals surface area contributed by atoms with Crippen LogP contribution in [0.5, 0.6) is 0 Å². The average Bonchev–Trinajstić information content (AvgIpc) is 3.24. The molecule has 0 spiro atoms. The molecule has 1 aromatic heterocycles. The SMILES string of the molecule is Cc1ccc(/C=C/C(=O)Nc2cc(S(=O)(=O)N3CCOCC3)ccc2N2CCCCC2)o1. The molecule has 32 heavy (non-hydrogen) atoms. The molecule has 8 nitrogen and oxygen atoms in total. The third-order valence-corrected chi connectivity index (χ3v) is 7.59. The number of aryl methyl sites for hydroxylation is 1. The van der Waals surface area contributed by atoms with Gasteiger partial charge in [0.1, 0.15) is 11.5 Å². The highest BCUT2D eigenvalue weighted by molar-refractivity contribution is 7.89. The highest BCUT2D eigenvalue weighted by Crippen LogP contribution is 2.32. The second-order valence-electron chi connectivity index (χ2n) is 8.01. The van der Waals surface area contributed by atoms with Gasteiger partial charge in [0, 0.05) is 32.3 Å². The Labute approximate surface area is 188 Å². The Balaban J connectivity index is 1.61. The molecular formula is C23H29N3O5S. The van der Waals surface area contributed by atoms with Gasteiger partial charge in [-0.15, -0.1) is 0 Å². The van der Waals surface area contributed by atoms with Crippen LogP contribution >= 0.6 is 0 Å². The third kappa shape index (κ3) is 5.23. The molecule has 2 fully saturated rings. The minimum absolute atomic E-state index is 0.168. The molecule has 2 aliphatic rings. The van der Waals surface area contributed by atoms with Crippen molar-refractivity contribution in [1.82, 2.24) is 4.31 Å². The molecule has 2 saturated heterocycles. The summed E-state index contributed by atoms with van der Waals surface area (Å²) in [4.78, 5) is 15.0. The number of sulfonamides is 1. The Kier molecular flexibility index (Phi) is 6.98. The predicted molar refractivity (Wildman–Crippen MR) is 123 cm³/mol. The second kappa shape index (κ2) is 9.89. The topological polar surface area (TPSA) is 92.1 Å². The van der Waals surface area contributed by atoms with Crippen molar-refractivity contribution in [2.24, 2.45) is 0 Å². The molecule has 1 N–H and O–H groups in total. The van der Waals surface area contributed by atoms with Gasteiger partial charge in [-0.1, -0.05) is 0 Å². The van der Waals surface area contributed by atoms with Crippen LogP contribution in [0.1, 0.15) is 30.8 Å². The van der Waals surface area contributed by atoms with Crippen molar-refractivity contribution in [1.29, 1.82) is 0 Å². The maximum absolute atomic E-state index is 13.1. The van der Waals surface area contributed by atoms with E-state index in [2.05, 4.69) is 10.2 Å². The van der Waals surface area contributed by atoms with E-state index in [1.807, 2.05) is 13.0 Å². The highest BCUT2D eigenvalue weighted by Gasteiger charge is 2.28. The first-order chi connectivity index (χ1) is 15.4. The van der Waals surface area contributed by atoms with E-state index in [1.165, 1.54) is 16.8 Å². The van der Waals surface area contributed by atoms with Crippen molar-refractivity contribution in [2.75, 3.05) is 49.6 Å². The zero-order chi connectivity index (χ0) is 22.6. The van der Waals surface area contributed by atoms with Crippen molar-refractivity contribution >= 4 is 33.4 Å². The van der Waals surface area contributed by atoms with E-state index >= 15 is 0 Å². The van der Waals surface area contributed by atoms with Crippen LogP contribution in [0.15, 0.2) is 45.7 Å². The quantitative estimate of drug-likeness (QED) is 0.667. The number of nitrogens with one attached hydrogen (secondary N) is 1. The molecule has 0 unspecified atom stereocenters. The molecular weight excluding hydrogens is 430 g/mol. The third-order valence-electron chi connectivity index (χ3n) is 5.69. The molecule has 0 radical (unpaired) electrons. The van der Waals surface area contributed by atoms with Gasteiger partial charge in [-0.05, 0) is 62.6 Å². The Morgan fingerprint density at radius 2 is 1.78 bits per heavy atom. The van der Waals surface area contributed by atoms with Gasteiger partial charge in [-0.25, -0.2) is 8.42 Å². The van der Waals surface area contributed by atoms with Gasteiger partial charge in [0.25, 0.3) is 0 Å². The molecule has 9 heteroatoms. The van der Waals surface area contributed by atoms with Gasteiger partial charge in [0.15, 0.2) is 0 Å². The molecule has 4 rings (SSSR count). The van der Waals surface area contributed by atoms with Crippen molar-refractivity contribution in [2.45, 2.75) is 31.1 Å². The number of carbonyl (C=O) groups is 1. The molecule has 1 aromatic carbocycles. The van der Waals surface area contributed by atoms with E-state index in [4.69, 9.17) is 9.15 Å². The van der Waals surface area contributed by atoms with Gasteiger partial charge in [0.2, 0.25) is 15.9 Å². The summed E-state index contributed by atoms with van der Waals surface area (Å²) < 4.78 is 38.5. The highest BCUT2D eigenvalue weighted by atomic mass is 32.2. The van der Waals surface area contributed by atoms with Crippen LogP contribution in [-0.2, 0) is 19.6 Å². The Bertz CT molecular complexity index is 1080. The van der Waals surface area contributed by atoms with Crippen LogP contribution in [-0.4, -0.2) is 58.0 Å². The van der Waals surface area contributed by atoms with Gasteiger partial charge >= 0.3 is 0 Å². The van der Waals surface area contributed by atoms with Crippen LogP contribution in [0.3, 0.4) is 0 Å². The van der Waals surface area contributed by atoms with Crippen molar-refractivity contribution in [3.63, 3.8) is 0 Å². The Morgan fingerprint density at radius 3 is 2.47 bits per heavy atom. The van der Waals surface area contributed by atoms with E-state index in [9.17, 15) is 13.2 Å². The number of piperidine rings is 1. The Morgan fingerprint density at radius 1 is 1.03 bits per heavy atom. The molecule has 3 heterocycles. The van der Waals surface area contributed by atoms with E-state index in [1.54, 1.807) is 30.3 Å². The van der Waals surface area contributed by atoms with Crippen molar-refractivity contribution in [3.8, 4) is 0 Å². The van der Waals surface area contributed by atoms with Crippen LogP contribution in [0.2, 0.25) is 0 Å². The smallest absolute Gasteiger partial charge is 0.248 e. The molecule has 2 aromatic rings. The Hall–Kier alpha value is -2.62. The number of morpholine rings is 1. The predicted octanol–water partition coefficient (Wildman–Crippen LogP) is 3.25. The number of anilines is 2. The molecule has 172 valence electrons. The maximum atomic E-state index is 13.1. The number of ether oxygens (including phenoxy) is 1. The summed E-state index contributed by atoms with van der Waals surface area (Å²) in [6.07, 6.45) is 6.30. The molecule has 0 saturated carbocycles.